The minimum atomic E-state index is 0.318. The Bertz CT molecular complexity index is 476. The summed E-state index contributed by atoms with van der Waals surface area (Å²) >= 11 is 3.86. The Hall–Kier alpha value is -0.540. The first kappa shape index (κ1) is 14.4. The highest BCUT2D eigenvalue weighted by atomic mass is 79.9. The summed E-state index contributed by atoms with van der Waals surface area (Å²) in [5, 5.41) is 0. The first-order valence-electron chi connectivity index (χ1n) is 7.74. The third-order valence-electron chi connectivity index (χ3n) is 4.66. The van der Waals surface area contributed by atoms with Crippen LogP contribution >= 0.6 is 15.9 Å². The Labute approximate surface area is 130 Å². The summed E-state index contributed by atoms with van der Waals surface area (Å²) in [6.45, 7) is 3.18. The van der Waals surface area contributed by atoms with Gasteiger partial charge in [-0.3, -0.25) is 4.90 Å². The molecular weight excluding hydrogens is 314 g/mol. The first-order valence-corrected chi connectivity index (χ1v) is 8.65. The van der Waals surface area contributed by atoms with Gasteiger partial charge >= 0.3 is 0 Å². The third kappa shape index (κ3) is 3.04. The van der Waals surface area contributed by atoms with E-state index < -0.39 is 0 Å². The van der Waals surface area contributed by atoms with Gasteiger partial charge in [-0.15, -0.1) is 0 Å². The van der Waals surface area contributed by atoms with Crippen LogP contribution in [0.5, 0.6) is 5.75 Å². The summed E-state index contributed by atoms with van der Waals surface area (Å²) in [7, 11) is 2.25. The highest BCUT2D eigenvalue weighted by Crippen LogP contribution is 2.32. The molecule has 0 saturated heterocycles. The number of aryl methyl sites for hydroxylation is 1. The monoisotopic (exact) mass is 337 g/mol. The van der Waals surface area contributed by atoms with Crippen LogP contribution in [0.2, 0.25) is 0 Å². The van der Waals surface area contributed by atoms with Gasteiger partial charge < -0.3 is 4.74 Å². The van der Waals surface area contributed by atoms with Crippen LogP contribution in [0.1, 0.15) is 36.8 Å². The van der Waals surface area contributed by atoms with Gasteiger partial charge in [0.15, 0.2) is 0 Å². The highest BCUT2D eigenvalue weighted by Gasteiger charge is 2.30. The highest BCUT2D eigenvalue weighted by molar-refractivity contribution is 9.09. The van der Waals surface area contributed by atoms with Crippen molar-refractivity contribution in [2.45, 2.75) is 56.0 Å². The summed E-state index contributed by atoms with van der Waals surface area (Å²) in [6, 6.07) is 7.19. The zero-order valence-corrected chi connectivity index (χ0v) is 14.0. The maximum absolute atomic E-state index is 6.10. The molecule has 1 saturated carbocycles. The second-order valence-corrected chi connectivity index (χ2v) is 7.54. The zero-order valence-electron chi connectivity index (χ0n) is 12.4. The van der Waals surface area contributed by atoms with Gasteiger partial charge in [0.1, 0.15) is 11.9 Å². The van der Waals surface area contributed by atoms with Crippen LogP contribution in [-0.4, -0.2) is 35.5 Å². The van der Waals surface area contributed by atoms with Gasteiger partial charge in [0, 0.05) is 23.8 Å². The van der Waals surface area contributed by atoms with E-state index in [1.165, 1.54) is 36.8 Å². The van der Waals surface area contributed by atoms with Crippen LogP contribution in [0.4, 0.5) is 0 Å². The predicted molar refractivity (Wildman–Crippen MR) is 86.9 cm³/mol. The number of likely N-dealkylation sites (N-methyl/N-ethyl adjacent to an activating group) is 1. The van der Waals surface area contributed by atoms with Gasteiger partial charge in [-0.05, 0) is 38.4 Å². The number of ether oxygens (including phenoxy) is 1. The Balaban J connectivity index is 1.59. The molecule has 1 heterocycles. The van der Waals surface area contributed by atoms with Crippen molar-refractivity contribution in [2.75, 3.05) is 13.6 Å². The molecule has 0 spiro atoms. The van der Waals surface area contributed by atoms with E-state index in [4.69, 9.17) is 4.74 Å². The molecule has 1 aromatic carbocycles. The second-order valence-electron chi connectivity index (χ2n) is 6.36. The van der Waals surface area contributed by atoms with E-state index in [1.807, 2.05) is 0 Å². The van der Waals surface area contributed by atoms with Crippen molar-refractivity contribution in [1.82, 2.24) is 4.90 Å². The summed E-state index contributed by atoms with van der Waals surface area (Å²) < 4.78 is 6.10. The molecule has 1 aliphatic carbocycles. The van der Waals surface area contributed by atoms with Crippen molar-refractivity contribution in [3.63, 3.8) is 0 Å². The van der Waals surface area contributed by atoms with E-state index in [1.54, 1.807) is 0 Å². The van der Waals surface area contributed by atoms with Crippen LogP contribution in [0, 0.1) is 6.92 Å². The molecule has 110 valence electrons. The lowest BCUT2D eigenvalue weighted by molar-refractivity contribution is 0.124. The molecule has 3 unspecified atom stereocenters. The standard InChI is InChI=1S/C17H24BrNO/c1-12-7-8-17-13(9-12)10-14(20-17)11-19(2)16-6-4-3-5-15(16)18/h7-9,14-16H,3-6,10-11H2,1-2H3. The predicted octanol–water partition coefficient (Wildman–Crippen LogP) is 3.94. The lowest BCUT2D eigenvalue weighted by atomic mass is 9.94. The number of nitrogens with zero attached hydrogens (tertiary/aromatic N) is 1. The molecule has 0 amide bonds. The fraction of sp³-hybridized carbons (Fsp3) is 0.647. The second kappa shape index (κ2) is 6.07. The lowest BCUT2D eigenvalue weighted by Gasteiger charge is -2.36. The fourth-order valence-corrected chi connectivity index (χ4v) is 4.56. The van der Waals surface area contributed by atoms with Crippen LogP contribution in [0.15, 0.2) is 18.2 Å². The van der Waals surface area contributed by atoms with Crippen molar-refractivity contribution in [3.05, 3.63) is 29.3 Å². The molecule has 0 aromatic heterocycles. The molecule has 0 bridgehead atoms. The molecule has 1 aliphatic heterocycles. The Morgan fingerprint density at radius 2 is 2.10 bits per heavy atom. The van der Waals surface area contributed by atoms with Crippen molar-refractivity contribution < 1.29 is 4.74 Å². The van der Waals surface area contributed by atoms with E-state index in [-0.39, 0.29) is 0 Å². The maximum Gasteiger partial charge on any atom is 0.123 e. The summed E-state index contributed by atoms with van der Waals surface area (Å²) in [5.41, 5.74) is 2.71. The van der Waals surface area contributed by atoms with Crippen LogP contribution in [-0.2, 0) is 6.42 Å². The smallest absolute Gasteiger partial charge is 0.123 e. The van der Waals surface area contributed by atoms with E-state index in [2.05, 4.69) is 53.0 Å². The Morgan fingerprint density at radius 3 is 2.90 bits per heavy atom. The largest absolute Gasteiger partial charge is 0.488 e. The average Bonchev–Trinajstić information content (AvgIpc) is 2.80. The molecule has 3 atom stereocenters. The molecule has 3 rings (SSSR count). The number of hydrogen-bond acceptors (Lipinski definition) is 2. The quantitative estimate of drug-likeness (QED) is 0.774. The Morgan fingerprint density at radius 1 is 1.30 bits per heavy atom. The van der Waals surface area contributed by atoms with E-state index >= 15 is 0 Å². The van der Waals surface area contributed by atoms with Gasteiger partial charge in [0.2, 0.25) is 0 Å². The van der Waals surface area contributed by atoms with Gasteiger partial charge in [-0.25, -0.2) is 0 Å². The minimum Gasteiger partial charge on any atom is -0.488 e. The van der Waals surface area contributed by atoms with Crippen LogP contribution in [0.3, 0.4) is 0 Å². The number of hydrogen-bond donors (Lipinski definition) is 0. The van der Waals surface area contributed by atoms with Crippen LogP contribution < -0.4 is 4.74 Å². The average molecular weight is 338 g/mol. The number of alkyl halides is 1. The maximum atomic E-state index is 6.10. The molecule has 0 N–H and O–H groups in total. The molecule has 2 aliphatic rings. The van der Waals surface area contributed by atoms with Crippen LogP contribution in [0.25, 0.3) is 0 Å². The number of rotatable bonds is 3. The number of benzene rings is 1. The van der Waals surface area contributed by atoms with E-state index in [0.29, 0.717) is 17.0 Å². The minimum absolute atomic E-state index is 0.318. The SMILES string of the molecule is Cc1ccc2c(c1)CC(CN(C)C1CCCCC1Br)O2. The van der Waals surface area contributed by atoms with Gasteiger partial charge in [0.05, 0.1) is 0 Å². The summed E-state index contributed by atoms with van der Waals surface area (Å²) in [5.74, 6) is 1.09. The van der Waals surface area contributed by atoms with Crippen molar-refractivity contribution in [1.29, 1.82) is 0 Å². The first-order chi connectivity index (χ1) is 9.63. The normalized spacial score (nSPS) is 29.3. The van der Waals surface area contributed by atoms with E-state index in [0.717, 1.165) is 18.7 Å². The van der Waals surface area contributed by atoms with Crippen molar-refractivity contribution in [3.8, 4) is 5.75 Å². The molecular formula is C17H24BrNO. The number of halogens is 1. The summed E-state index contributed by atoms with van der Waals surface area (Å²) in [6.07, 6.45) is 6.72. The molecule has 3 heteroatoms. The van der Waals surface area contributed by atoms with Crippen molar-refractivity contribution in [2.24, 2.45) is 0 Å². The zero-order chi connectivity index (χ0) is 14.1. The van der Waals surface area contributed by atoms with Crippen molar-refractivity contribution >= 4 is 15.9 Å². The number of fused-ring (bicyclic) bond motifs is 1. The molecule has 20 heavy (non-hydrogen) atoms. The van der Waals surface area contributed by atoms with Gasteiger partial charge in [-0.2, -0.15) is 0 Å². The fourth-order valence-electron chi connectivity index (χ4n) is 3.57. The van der Waals surface area contributed by atoms with Gasteiger partial charge in [-0.1, -0.05) is 46.5 Å². The molecule has 0 radical (unpaired) electrons. The van der Waals surface area contributed by atoms with Gasteiger partial charge in [0.25, 0.3) is 0 Å². The Kier molecular flexibility index (Phi) is 4.37. The topological polar surface area (TPSA) is 12.5 Å². The lowest BCUT2D eigenvalue weighted by Crippen LogP contribution is -2.44. The molecule has 1 aromatic rings. The molecule has 2 nitrogen and oxygen atoms in total. The third-order valence-corrected chi connectivity index (χ3v) is 5.73. The summed E-state index contributed by atoms with van der Waals surface area (Å²) in [4.78, 5) is 3.15. The molecule has 1 fully saturated rings. The van der Waals surface area contributed by atoms with E-state index in [9.17, 15) is 0 Å².